The van der Waals surface area contributed by atoms with Crippen molar-refractivity contribution < 1.29 is 23.8 Å². The highest BCUT2D eigenvalue weighted by Gasteiger charge is 2.24. The first kappa shape index (κ1) is 21.5. The molecular formula is C21H28N2O5. The summed E-state index contributed by atoms with van der Waals surface area (Å²) < 4.78 is 15.7. The number of rotatable bonds is 9. The molecule has 0 spiro atoms. The summed E-state index contributed by atoms with van der Waals surface area (Å²) in [4.78, 5) is 29.6. The number of hydrogen-bond donors (Lipinski definition) is 1. The van der Waals surface area contributed by atoms with Gasteiger partial charge in [-0.25, -0.2) is 4.79 Å². The molecule has 2 rings (SSSR count). The lowest BCUT2D eigenvalue weighted by atomic mass is 10.1. The van der Waals surface area contributed by atoms with Crippen LogP contribution >= 0.6 is 0 Å². The number of aromatic nitrogens is 1. The largest absolute Gasteiger partial charge is 0.492 e. The van der Waals surface area contributed by atoms with E-state index in [1.54, 1.807) is 25.8 Å². The molecule has 1 heterocycles. The zero-order chi connectivity index (χ0) is 20.7. The minimum Gasteiger partial charge on any atom is -0.492 e. The van der Waals surface area contributed by atoms with E-state index in [0.717, 1.165) is 11.3 Å². The Labute approximate surface area is 165 Å². The third-order valence-corrected chi connectivity index (χ3v) is 4.44. The molecule has 0 aliphatic rings. The molecule has 0 aliphatic carbocycles. The number of benzene rings is 1. The first-order valence-corrected chi connectivity index (χ1v) is 9.15. The van der Waals surface area contributed by atoms with E-state index in [9.17, 15) is 9.59 Å². The molecule has 0 saturated heterocycles. The van der Waals surface area contributed by atoms with Crippen molar-refractivity contribution in [2.75, 3.05) is 40.5 Å². The number of ether oxygens (including phenoxy) is 3. The van der Waals surface area contributed by atoms with E-state index in [4.69, 9.17) is 14.2 Å². The smallest absolute Gasteiger partial charge is 0.340 e. The predicted octanol–water partition coefficient (Wildman–Crippen LogP) is 2.89. The molecule has 0 atom stereocenters. The van der Waals surface area contributed by atoms with E-state index in [1.165, 1.54) is 7.11 Å². The van der Waals surface area contributed by atoms with Gasteiger partial charge in [-0.15, -0.1) is 0 Å². The van der Waals surface area contributed by atoms with E-state index in [2.05, 4.69) is 4.98 Å². The maximum atomic E-state index is 12.8. The topological polar surface area (TPSA) is 80.9 Å². The molecule has 0 radical (unpaired) electrons. The van der Waals surface area contributed by atoms with Crippen LogP contribution in [-0.4, -0.2) is 62.3 Å². The van der Waals surface area contributed by atoms with Gasteiger partial charge >= 0.3 is 5.97 Å². The summed E-state index contributed by atoms with van der Waals surface area (Å²) >= 11 is 0. The number of carbonyl (C=O) groups excluding carboxylic acids is 2. The number of methoxy groups -OCH3 is 1. The second-order valence-corrected chi connectivity index (χ2v) is 6.64. The molecule has 7 heteroatoms. The third-order valence-electron chi connectivity index (χ3n) is 4.44. The number of aryl methyl sites for hydroxylation is 2. The molecule has 7 nitrogen and oxygen atoms in total. The first-order chi connectivity index (χ1) is 13.3. The third kappa shape index (κ3) is 5.36. The van der Waals surface area contributed by atoms with Crippen LogP contribution < -0.4 is 4.74 Å². The summed E-state index contributed by atoms with van der Waals surface area (Å²) in [6.45, 7) is 6.77. The van der Waals surface area contributed by atoms with E-state index in [1.807, 2.05) is 31.2 Å². The van der Waals surface area contributed by atoms with Crippen molar-refractivity contribution in [3.8, 4) is 5.75 Å². The summed E-state index contributed by atoms with van der Waals surface area (Å²) in [6, 6.07) is 7.75. The van der Waals surface area contributed by atoms with Crippen molar-refractivity contribution >= 4 is 11.9 Å². The van der Waals surface area contributed by atoms with Crippen LogP contribution in [0.3, 0.4) is 0 Å². The fraction of sp³-hybridized carbons (Fsp3) is 0.429. The Balaban J connectivity index is 1.97. The highest BCUT2D eigenvalue weighted by atomic mass is 16.6. The number of hydrogen-bond acceptors (Lipinski definition) is 5. The highest BCUT2D eigenvalue weighted by Crippen LogP contribution is 2.20. The van der Waals surface area contributed by atoms with E-state index in [0.29, 0.717) is 42.3 Å². The van der Waals surface area contributed by atoms with Crippen molar-refractivity contribution in [1.29, 1.82) is 0 Å². The Kier molecular flexibility index (Phi) is 7.63. The van der Waals surface area contributed by atoms with Crippen LogP contribution in [-0.2, 0) is 9.47 Å². The molecule has 0 unspecified atom stereocenters. The number of H-pyrrole nitrogens is 1. The Morgan fingerprint density at radius 2 is 1.71 bits per heavy atom. The Bertz CT molecular complexity index is 811. The van der Waals surface area contributed by atoms with Crippen LogP contribution in [0.2, 0.25) is 0 Å². The van der Waals surface area contributed by atoms with E-state index in [-0.39, 0.29) is 12.5 Å². The number of amides is 1. The molecule has 0 saturated carbocycles. The number of nitrogens with one attached hydrogen (secondary N) is 1. The zero-order valence-corrected chi connectivity index (χ0v) is 17.1. The second kappa shape index (κ2) is 9.94. The van der Waals surface area contributed by atoms with E-state index >= 15 is 0 Å². The van der Waals surface area contributed by atoms with E-state index < -0.39 is 5.97 Å². The van der Waals surface area contributed by atoms with Crippen molar-refractivity contribution in [1.82, 2.24) is 9.88 Å². The zero-order valence-electron chi connectivity index (χ0n) is 17.1. The van der Waals surface area contributed by atoms with Gasteiger partial charge in [-0.05, 0) is 38.5 Å². The highest BCUT2D eigenvalue weighted by molar-refractivity contribution is 6.00. The van der Waals surface area contributed by atoms with Crippen molar-refractivity contribution in [2.24, 2.45) is 0 Å². The summed E-state index contributed by atoms with van der Waals surface area (Å²) in [7, 11) is 3.24. The van der Waals surface area contributed by atoms with Crippen LogP contribution in [0.15, 0.2) is 24.3 Å². The molecule has 1 aromatic heterocycles. The molecule has 1 N–H and O–H groups in total. The normalized spacial score (nSPS) is 10.6. The van der Waals surface area contributed by atoms with Crippen molar-refractivity contribution in [3.63, 3.8) is 0 Å². The lowest BCUT2D eigenvalue weighted by Crippen LogP contribution is -2.31. The van der Waals surface area contributed by atoms with Gasteiger partial charge in [0.25, 0.3) is 5.91 Å². The molecule has 2 aromatic rings. The van der Waals surface area contributed by atoms with Gasteiger partial charge < -0.3 is 24.1 Å². The van der Waals surface area contributed by atoms with Gasteiger partial charge in [-0.1, -0.05) is 17.7 Å². The van der Waals surface area contributed by atoms with Crippen molar-refractivity contribution in [3.05, 3.63) is 52.3 Å². The summed E-state index contributed by atoms with van der Waals surface area (Å²) in [6.07, 6.45) is 0. The monoisotopic (exact) mass is 388 g/mol. The fourth-order valence-electron chi connectivity index (χ4n) is 2.79. The minimum atomic E-state index is -0.465. The molecule has 0 bridgehead atoms. The molecule has 1 aromatic carbocycles. The molecule has 28 heavy (non-hydrogen) atoms. The number of likely N-dealkylation sites (N-methyl/N-ethyl adjacent to an activating group) is 1. The number of esters is 1. The maximum Gasteiger partial charge on any atom is 0.340 e. The Hall–Kier alpha value is -2.80. The lowest BCUT2D eigenvalue weighted by Gasteiger charge is -2.17. The molecule has 0 aliphatic heterocycles. The van der Waals surface area contributed by atoms with Gasteiger partial charge in [0.15, 0.2) is 0 Å². The Morgan fingerprint density at radius 3 is 2.36 bits per heavy atom. The number of nitrogens with zero attached hydrogens (tertiary/aromatic N) is 1. The molecule has 0 fully saturated rings. The molecule has 1 amide bonds. The van der Waals surface area contributed by atoms with Crippen LogP contribution in [0.5, 0.6) is 5.75 Å². The van der Waals surface area contributed by atoms with Crippen LogP contribution in [0, 0.1) is 20.8 Å². The maximum absolute atomic E-state index is 12.8. The standard InChI is InChI=1S/C21H28N2O5/c1-14-6-8-17(9-7-14)27-11-10-23(4)20(24)19-15(2)18(16(3)22-19)21(25)28-13-12-26-5/h6-9,22H,10-13H2,1-5H3. The molecular weight excluding hydrogens is 360 g/mol. The average Bonchev–Trinajstić information content (AvgIpc) is 2.97. The van der Waals surface area contributed by atoms with Crippen molar-refractivity contribution in [2.45, 2.75) is 20.8 Å². The molecule has 152 valence electrons. The predicted molar refractivity (Wildman–Crippen MR) is 106 cm³/mol. The fourth-order valence-corrected chi connectivity index (χ4v) is 2.79. The SMILES string of the molecule is COCCOC(=O)c1c(C)[nH]c(C(=O)N(C)CCOc2ccc(C)cc2)c1C. The Morgan fingerprint density at radius 1 is 1.04 bits per heavy atom. The quantitative estimate of drug-likeness (QED) is 0.528. The van der Waals surface area contributed by atoms with Gasteiger partial charge in [0.05, 0.1) is 18.7 Å². The van der Waals surface area contributed by atoms with Crippen LogP contribution in [0.1, 0.15) is 37.7 Å². The second-order valence-electron chi connectivity index (χ2n) is 6.64. The van der Waals surface area contributed by atoms with Gasteiger partial charge in [0, 0.05) is 19.9 Å². The number of aromatic amines is 1. The number of carbonyl (C=O) groups is 2. The van der Waals surface area contributed by atoms with Gasteiger partial charge in [0.1, 0.15) is 24.7 Å². The van der Waals surface area contributed by atoms with Gasteiger partial charge in [-0.3, -0.25) is 4.79 Å². The van der Waals surface area contributed by atoms with Crippen LogP contribution in [0.25, 0.3) is 0 Å². The first-order valence-electron chi connectivity index (χ1n) is 9.15. The lowest BCUT2D eigenvalue weighted by molar-refractivity contribution is 0.0387. The summed E-state index contributed by atoms with van der Waals surface area (Å²) in [5.41, 5.74) is 3.12. The minimum absolute atomic E-state index is 0.166. The van der Waals surface area contributed by atoms with Gasteiger partial charge in [0.2, 0.25) is 0 Å². The summed E-state index contributed by atoms with van der Waals surface area (Å²) in [5.74, 6) is 0.0937. The summed E-state index contributed by atoms with van der Waals surface area (Å²) in [5, 5.41) is 0. The average molecular weight is 388 g/mol. The van der Waals surface area contributed by atoms with Gasteiger partial charge in [-0.2, -0.15) is 0 Å². The van der Waals surface area contributed by atoms with Crippen LogP contribution in [0.4, 0.5) is 0 Å².